The number of carbonyl (C=O) groups excluding carboxylic acids is 2. The van der Waals surface area contributed by atoms with Gasteiger partial charge in [0.1, 0.15) is 17.1 Å². The number of rotatable bonds is 5. The van der Waals surface area contributed by atoms with Gasteiger partial charge in [0.15, 0.2) is 11.5 Å². The maximum absolute atomic E-state index is 13.5. The van der Waals surface area contributed by atoms with Crippen LogP contribution in [0.25, 0.3) is 11.0 Å². The molecule has 7 nitrogen and oxygen atoms in total. The van der Waals surface area contributed by atoms with Crippen LogP contribution in [-0.2, 0) is 11.3 Å². The average Bonchev–Trinajstić information content (AvgIpc) is 3.51. The third-order valence-corrected chi connectivity index (χ3v) is 5.69. The SMILES string of the molecule is O=C(C1=C(O)C(=O)N(Cc2ccco2)C1c1ccc(O)c(Cl)c1)c1cc2ccccc2o1. The van der Waals surface area contributed by atoms with Crippen molar-refractivity contribution in [1.29, 1.82) is 0 Å². The highest BCUT2D eigenvalue weighted by atomic mass is 35.5. The van der Waals surface area contributed by atoms with Crippen molar-refractivity contribution in [2.45, 2.75) is 12.6 Å². The highest BCUT2D eigenvalue weighted by molar-refractivity contribution is 6.32. The van der Waals surface area contributed by atoms with Crippen LogP contribution in [0.4, 0.5) is 0 Å². The molecule has 0 saturated heterocycles. The van der Waals surface area contributed by atoms with Gasteiger partial charge in [-0.15, -0.1) is 0 Å². The Kier molecular flexibility index (Phi) is 4.75. The summed E-state index contributed by atoms with van der Waals surface area (Å²) in [5.74, 6) is -1.70. The minimum absolute atomic E-state index is 0.00438. The molecule has 0 saturated carbocycles. The molecule has 1 aliphatic heterocycles. The molecule has 2 aromatic carbocycles. The lowest BCUT2D eigenvalue weighted by Crippen LogP contribution is -2.30. The summed E-state index contributed by atoms with van der Waals surface area (Å²) in [6.45, 7) is 0.00989. The lowest BCUT2D eigenvalue weighted by Gasteiger charge is -2.26. The summed E-state index contributed by atoms with van der Waals surface area (Å²) in [4.78, 5) is 27.8. The van der Waals surface area contributed by atoms with Crippen molar-refractivity contribution in [3.63, 3.8) is 0 Å². The first-order valence-corrected chi connectivity index (χ1v) is 10.1. The second kappa shape index (κ2) is 7.62. The van der Waals surface area contributed by atoms with E-state index in [0.717, 1.165) is 5.39 Å². The van der Waals surface area contributed by atoms with Gasteiger partial charge >= 0.3 is 0 Å². The number of para-hydroxylation sites is 1. The van der Waals surface area contributed by atoms with Gasteiger partial charge in [-0.05, 0) is 42.0 Å². The molecule has 4 aromatic rings. The van der Waals surface area contributed by atoms with E-state index < -0.39 is 23.5 Å². The number of fused-ring (bicyclic) bond motifs is 1. The molecule has 0 radical (unpaired) electrons. The molecule has 2 N–H and O–H groups in total. The number of aliphatic hydroxyl groups excluding tert-OH is 1. The largest absolute Gasteiger partial charge is 0.506 e. The van der Waals surface area contributed by atoms with Gasteiger partial charge in [-0.2, -0.15) is 0 Å². The summed E-state index contributed by atoms with van der Waals surface area (Å²) in [5, 5.41) is 21.3. The Morgan fingerprint density at radius 3 is 2.59 bits per heavy atom. The van der Waals surface area contributed by atoms with Crippen LogP contribution in [0.3, 0.4) is 0 Å². The summed E-state index contributed by atoms with van der Waals surface area (Å²) in [6.07, 6.45) is 1.47. The number of hydrogen-bond donors (Lipinski definition) is 2. The predicted molar refractivity (Wildman–Crippen MR) is 115 cm³/mol. The smallest absolute Gasteiger partial charge is 0.290 e. The monoisotopic (exact) mass is 449 g/mol. The Bertz CT molecular complexity index is 1350. The van der Waals surface area contributed by atoms with E-state index in [4.69, 9.17) is 20.4 Å². The van der Waals surface area contributed by atoms with Crippen LogP contribution in [-0.4, -0.2) is 26.8 Å². The molecule has 32 heavy (non-hydrogen) atoms. The lowest BCUT2D eigenvalue weighted by atomic mass is 9.95. The summed E-state index contributed by atoms with van der Waals surface area (Å²) in [5.41, 5.74) is 0.815. The fourth-order valence-electron chi connectivity index (χ4n) is 3.89. The normalized spacial score (nSPS) is 16.3. The van der Waals surface area contributed by atoms with Crippen LogP contribution < -0.4 is 0 Å². The van der Waals surface area contributed by atoms with E-state index in [-0.39, 0.29) is 28.7 Å². The van der Waals surface area contributed by atoms with Gasteiger partial charge in [0, 0.05) is 5.39 Å². The van der Waals surface area contributed by atoms with Crippen molar-refractivity contribution < 1.29 is 28.6 Å². The van der Waals surface area contributed by atoms with Gasteiger partial charge < -0.3 is 23.9 Å². The van der Waals surface area contributed by atoms with Gasteiger partial charge in [-0.25, -0.2) is 0 Å². The fourth-order valence-corrected chi connectivity index (χ4v) is 4.07. The van der Waals surface area contributed by atoms with Gasteiger partial charge in [-0.3, -0.25) is 9.59 Å². The number of benzene rings is 2. The molecule has 1 amide bonds. The molecule has 3 heterocycles. The van der Waals surface area contributed by atoms with Gasteiger partial charge in [0.05, 0.1) is 29.4 Å². The average molecular weight is 450 g/mol. The van der Waals surface area contributed by atoms with Gasteiger partial charge in [-0.1, -0.05) is 35.9 Å². The molecule has 8 heteroatoms. The molecule has 0 bridgehead atoms. The first-order valence-electron chi connectivity index (χ1n) is 9.72. The number of Topliss-reactive ketones (excluding diaryl/α,β-unsaturated/α-hetero) is 1. The Morgan fingerprint density at radius 2 is 1.88 bits per heavy atom. The summed E-state index contributed by atoms with van der Waals surface area (Å²) >= 11 is 6.10. The quantitative estimate of drug-likeness (QED) is 0.408. The van der Waals surface area contributed by atoms with E-state index >= 15 is 0 Å². The van der Waals surface area contributed by atoms with Crippen LogP contribution in [0, 0.1) is 0 Å². The maximum Gasteiger partial charge on any atom is 0.290 e. The molecule has 5 rings (SSSR count). The van der Waals surface area contributed by atoms with E-state index in [1.54, 1.807) is 42.5 Å². The summed E-state index contributed by atoms with van der Waals surface area (Å²) in [6, 6.07) is 15.4. The van der Waals surface area contributed by atoms with Crippen molar-refractivity contribution in [2.75, 3.05) is 0 Å². The first-order chi connectivity index (χ1) is 15.4. The Labute approximate surface area is 186 Å². The third kappa shape index (κ3) is 3.23. The number of ketones is 1. The Balaban J connectivity index is 1.62. The van der Waals surface area contributed by atoms with Crippen molar-refractivity contribution in [2.24, 2.45) is 0 Å². The zero-order chi connectivity index (χ0) is 22.4. The topological polar surface area (TPSA) is 104 Å². The van der Waals surface area contributed by atoms with Crippen LogP contribution in [0.5, 0.6) is 5.75 Å². The standard InChI is InChI=1S/C24H16ClNO6/c25-16-10-14(7-8-17(16)27)21-20(22(28)19-11-13-4-1-2-6-18(13)32-19)23(29)24(30)26(21)12-15-5-3-9-31-15/h1-11,21,27,29H,12H2. The number of aliphatic hydroxyl groups is 1. The minimum Gasteiger partial charge on any atom is -0.506 e. The van der Waals surface area contributed by atoms with Crippen LogP contribution in [0.1, 0.15) is 27.9 Å². The number of phenols is 1. The van der Waals surface area contributed by atoms with E-state index in [2.05, 4.69) is 0 Å². The molecule has 1 aliphatic rings. The summed E-state index contributed by atoms with van der Waals surface area (Å²) < 4.78 is 11.0. The number of aromatic hydroxyl groups is 1. The number of halogens is 1. The molecule has 0 fully saturated rings. The highest BCUT2D eigenvalue weighted by Gasteiger charge is 2.45. The molecule has 2 aromatic heterocycles. The van der Waals surface area contributed by atoms with Gasteiger partial charge in [0.2, 0.25) is 5.78 Å². The number of amides is 1. The van der Waals surface area contributed by atoms with E-state index in [1.165, 1.54) is 23.3 Å². The molecular formula is C24H16ClNO6. The molecule has 0 spiro atoms. The number of furan rings is 2. The predicted octanol–water partition coefficient (Wildman–Crippen LogP) is 5.16. The molecule has 1 unspecified atom stereocenters. The second-order valence-corrected chi connectivity index (χ2v) is 7.77. The molecule has 1 atom stereocenters. The van der Waals surface area contributed by atoms with E-state index in [9.17, 15) is 19.8 Å². The van der Waals surface area contributed by atoms with Crippen molar-refractivity contribution in [1.82, 2.24) is 4.90 Å². The number of carbonyl (C=O) groups is 2. The Hall–Kier alpha value is -3.97. The highest BCUT2D eigenvalue weighted by Crippen LogP contribution is 2.42. The summed E-state index contributed by atoms with van der Waals surface area (Å²) in [7, 11) is 0. The Morgan fingerprint density at radius 1 is 1.06 bits per heavy atom. The number of hydrogen-bond acceptors (Lipinski definition) is 6. The fraction of sp³-hybridized carbons (Fsp3) is 0.0833. The molecule has 0 aliphatic carbocycles. The van der Waals surface area contributed by atoms with Gasteiger partial charge in [0.25, 0.3) is 5.91 Å². The van der Waals surface area contributed by atoms with Crippen molar-refractivity contribution >= 4 is 34.3 Å². The van der Waals surface area contributed by atoms with Crippen LogP contribution in [0.15, 0.2) is 87.1 Å². The van der Waals surface area contributed by atoms with E-state index in [1.807, 2.05) is 6.07 Å². The molecular weight excluding hydrogens is 434 g/mol. The van der Waals surface area contributed by atoms with Crippen molar-refractivity contribution in [3.8, 4) is 5.75 Å². The molecule has 160 valence electrons. The van der Waals surface area contributed by atoms with Crippen LogP contribution in [0.2, 0.25) is 5.02 Å². The first kappa shape index (κ1) is 20.0. The van der Waals surface area contributed by atoms with Crippen LogP contribution >= 0.6 is 11.6 Å². The maximum atomic E-state index is 13.5. The third-order valence-electron chi connectivity index (χ3n) is 5.39. The number of phenolic OH excluding ortho intramolecular Hbond substituents is 1. The minimum atomic E-state index is -0.966. The number of nitrogens with zero attached hydrogens (tertiary/aromatic N) is 1. The lowest BCUT2D eigenvalue weighted by molar-refractivity contribution is -0.130. The van der Waals surface area contributed by atoms with E-state index in [0.29, 0.717) is 16.9 Å². The zero-order valence-electron chi connectivity index (χ0n) is 16.5. The zero-order valence-corrected chi connectivity index (χ0v) is 17.2. The van der Waals surface area contributed by atoms with Crippen molar-refractivity contribution in [3.05, 3.63) is 100 Å². The second-order valence-electron chi connectivity index (χ2n) is 7.37.